The van der Waals surface area contributed by atoms with Crippen molar-refractivity contribution in [2.45, 2.75) is 65.2 Å². The second-order valence-corrected chi connectivity index (χ2v) is 8.05. The van der Waals surface area contributed by atoms with E-state index < -0.39 is 0 Å². The average Bonchev–Trinajstić information content (AvgIpc) is 3.36. The minimum absolute atomic E-state index is 0.492. The SMILES string of the molecule is Cc1cc(CC(O)=C2CC2)c2c(c1Oc1cccc(C(C)C)c1)CCC2. The van der Waals surface area contributed by atoms with Gasteiger partial charge in [0.25, 0.3) is 0 Å². The van der Waals surface area contributed by atoms with Gasteiger partial charge in [0.2, 0.25) is 0 Å². The molecule has 0 saturated heterocycles. The molecular weight excluding hydrogens is 320 g/mol. The first kappa shape index (κ1) is 17.2. The molecule has 2 aromatic rings. The van der Waals surface area contributed by atoms with Crippen LogP contribution in [-0.2, 0) is 19.3 Å². The number of hydrogen-bond acceptors (Lipinski definition) is 2. The van der Waals surface area contributed by atoms with Crippen molar-refractivity contribution in [3.8, 4) is 11.5 Å². The third-order valence-electron chi connectivity index (χ3n) is 5.64. The first-order valence-corrected chi connectivity index (χ1v) is 9.85. The number of fused-ring (bicyclic) bond motifs is 1. The van der Waals surface area contributed by atoms with Gasteiger partial charge in [-0.3, -0.25) is 0 Å². The summed E-state index contributed by atoms with van der Waals surface area (Å²) in [6, 6.07) is 10.7. The molecule has 0 aromatic heterocycles. The minimum atomic E-state index is 0.492. The Labute approximate surface area is 156 Å². The Morgan fingerprint density at radius 1 is 1.08 bits per heavy atom. The summed E-state index contributed by atoms with van der Waals surface area (Å²) < 4.78 is 6.39. The molecule has 0 bridgehead atoms. The number of rotatable bonds is 5. The summed E-state index contributed by atoms with van der Waals surface area (Å²) in [5, 5.41) is 10.3. The summed E-state index contributed by atoms with van der Waals surface area (Å²) in [6.07, 6.45) is 6.16. The second kappa shape index (κ2) is 6.83. The summed E-state index contributed by atoms with van der Waals surface area (Å²) >= 11 is 0. The lowest BCUT2D eigenvalue weighted by atomic mass is 9.95. The third-order valence-corrected chi connectivity index (χ3v) is 5.64. The molecule has 0 heterocycles. The van der Waals surface area contributed by atoms with Gasteiger partial charge >= 0.3 is 0 Å². The highest BCUT2D eigenvalue weighted by Gasteiger charge is 2.24. The minimum Gasteiger partial charge on any atom is -0.512 e. The van der Waals surface area contributed by atoms with Crippen molar-refractivity contribution in [3.05, 3.63) is 69.5 Å². The molecule has 0 spiro atoms. The average molecular weight is 348 g/mol. The fraction of sp³-hybridized carbons (Fsp3) is 0.417. The van der Waals surface area contributed by atoms with Gasteiger partial charge in [-0.1, -0.05) is 32.0 Å². The molecule has 2 nitrogen and oxygen atoms in total. The van der Waals surface area contributed by atoms with Gasteiger partial charge in [-0.2, -0.15) is 0 Å². The molecule has 4 rings (SSSR count). The molecule has 0 radical (unpaired) electrons. The third kappa shape index (κ3) is 3.38. The fourth-order valence-corrected chi connectivity index (χ4v) is 4.01. The van der Waals surface area contributed by atoms with Gasteiger partial charge in [0, 0.05) is 6.42 Å². The quantitative estimate of drug-likeness (QED) is 0.621. The first-order chi connectivity index (χ1) is 12.5. The van der Waals surface area contributed by atoms with E-state index in [-0.39, 0.29) is 0 Å². The normalized spacial score (nSPS) is 15.3. The molecule has 0 unspecified atom stereocenters. The predicted molar refractivity (Wildman–Crippen MR) is 106 cm³/mol. The maximum absolute atomic E-state index is 10.3. The molecule has 0 aliphatic heterocycles. The maximum atomic E-state index is 10.3. The molecule has 2 aromatic carbocycles. The van der Waals surface area contributed by atoms with E-state index in [0.29, 0.717) is 18.1 Å². The number of ether oxygens (including phenoxy) is 1. The highest BCUT2D eigenvalue weighted by molar-refractivity contribution is 5.54. The van der Waals surface area contributed by atoms with Crippen LogP contribution in [0.2, 0.25) is 0 Å². The number of allylic oxidation sites excluding steroid dienone is 2. The van der Waals surface area contributed by atoms with Gasteiger partial charge < -0.3 is 9.84 Å². The van der Waals surface area contributed by atoms with Crippen LogP contribution in [0.3, 0.4) is 0 Å². The summed E-state index contributed by atoms with van der Waals surface area (Å²) in [5.41, 5.74) is 7.75. The van der Waals surface area contributed by atoms with Crippen molar-refractivity contribution in [2.24, 2.45) is 0 Å². The zero-order chi connectivity index (χ0) is 18.3. The highest BCUT2D eigenvalue weighted by atomic mass is 16.5. The van der Waals surface area contributed by atoms with Crippen LogP contribution in [0.5, 0.6) is 11.5 Å². The molecule has 1 fully saturated rings. The largest absolute Gasteiger partial charge is 0.512 e. The molecule has 2 aliphatic carbocycles. The number of aliphatic hydroxyl groups is 1. The van der Waals surface area contributed by atoms with Crippen LogP contribution in [0, 0.1) is 6.92 Å². The molecule has 2 heteroatoms. The van der Waals surface area contributed by atoms with Crippen LogP contribution in [0.1, 0.15) is 66.8 Å². The van der Waals surface area contributed by atoms with Crippen molar-refractivity contribution in [2.75, 3.05) is 0 Å². The standard InChI is InChI=1S/C24H28O2/c1-15(2)18-6-4-7-20(13-18)26-24-16(3)12-19(14-23(25)17-10-11-17)21-8-5-9-22(21)24/h4,6-7,12-13,15,25H,5,8-11,14H2,1-3H3. The summed E-state index contributed by atoms with van der Waals surface area (Å²) in [4.78, 5) is 0. The van der Waals surface area contributed by atoms with Gasteiger partial charge in [0.1, 0.15) is 11.5 Å². The zero-order valence-corrected chi connectivity index (χ0v) is 16.1. The van der Waals surface area contributed by atoms with Crippen molar-refractivity contribution >= 4 is 0 Å². The van der Waals surface area contributed by atoms with Crippen LogP contribution in [0.4, 0.5) is 0 Å². The lowest BCUT2D eigenvalue weighted by molar-refractivity contribution is 0.395. The lowest BCUT2D eigenvalue weighted by Crippen LogP contribution is -2.01. The maximum Gasteiger partial charge on any atom is 0.133 e. The Morgan fingerprint density at radius 2 is 1.85 bits per heavy atom. The summed E-state index contributed by atoms with van der Waals surface area (Å²) in [7, 11) is 0. The Bertz CT molecular complexity index is 868. The van der Waals surface area contributed by atoms with Crippen LogP contribution in [0.15, 0.2) is 41.7 Å². The molecular formula is C24H28O2. The molecule has 1 N–H and O–H groups in total. The molecule has 2 aliphatic rings. The van der Waals surface area contributed by atoms with Crippen molar-refractivity contribution in [1.29, 1.82) is 0 Å². The smallest absolute Gasteiger partial charge is 0.133 e. The van der Waals surface area contributed by atoms with Gasteiger partial charge in [0.15, 0.2) is 0 Å². The second-order valence-electron chi connectivity index (χ2n) is 8.05. The van der Waals surface area contributed by atoms with Gasteiger partial charge in [0.05, 0.1) is 5.76 Å². The van der Waals surface area contributed by atoms with Crippen LogP contribution >= 0.6 is 0 Å². The van der Waals surface area contributed by atoms with E-state index in [9.17, 15) is 5.11 Å². The Kier molecular flexibility index (Phi) is 4.52. The lowest BCUT2D eigenvalue weighted by Gasteiger charge is -2.18. The van der Waals surface area contributed by atoms with Gasteiger partial charge in [-0.05, 0) is 90.5 Å². The molecule has 1 saturated carbocycles. The fourth-order valence-electron chi connectivity index (χ4n) is 4.01. The molecule has 26 heavy (non-hydrogen) atoms. The Morgan fingerprint density at radius 3 is 2.58 bits per heavy atom. The molecule has 0 amide bonds. The van der Waals surface area contributed by atoms with E-state index in [0.717, 1.165) is 37.2 Å². The van der Waals surface area contributed by atoms with E-state index in [1.54, 1.807) is 0 Å². The van der Waals surface area contributed by atoms with Crippen LogP contribution < -0.4 is 4.74 Å². The van der Waals surface area contributed by atoms with Crippen molar-refractivity contribution in [1.82, 2.24) is 0 Å². The van der Waals surface area contributed by atoms with Gasteiger partial charge in [-0.15, -0.1) is 0 Å². The number of aryl methyl sites for hydroxylation is 1. The van der Waals surface area contributed by atoms with E-state index in [4.69, 9.17) is 4.74 Å². The Hall–Kier alpha value is -2.22. The topological polar surface area (TPSA) is 29.5 Å². The van der Waals surface area contributed by atoms with Crippen molar-refractivity contribution < 1.29 is 9.84 Å². The van der Waals surface area contributed by atoms with Crippen LogP contribution in [0.25, 0.3) is 0 Å². The first-order valence-electron chi connectivity index (χ1n) is 9.85. The highest BCUT2D eigenvalue weighted by Crippen LogP contribution is 2.40. The van der Waals surface area contributed by atoms with E-state index in [1.165, 1.54) is 39.8 Å². The predicted octanol–water partition coefficient (Wildman–Crippen LogP) is 6.55. The molecule has 0 atom stereocenters. The van der Waals surface area contributed by atoms with E-state index in [1.807, 2.05) is 6.07 Å². The Balaban J connectivity index is 1.68. The number of benzene rings is 2. The van der Waals surface area contributed by atoms with Gasteiger partial charge in [-0.25, -0.2) is 0 Å². The molecule has 136 valence electrons. The number of hydrogen-bond donors (Lipinski definition) is 1. The van der Waals surface area contributed by atoms with E-state index in [2.05, 4.69) is 45.0 Å². The zero-order valence-electron chi connectivity index (χ0n) is 16.1. The summed E-state index contributed by atoms with van der Waals surface area (Å²) in [5.74, 6) is 3.03. The van der Waals surface area contributed by atoms with Crippen LogP contribution in [-0.4, -0.2) is 5.11 Å². The number of aliphatic hydroxyl groups excluding tert-OH is 1. The monoisotopic (exact) mass is 348 g/mol. The summed E-state index contributed by atoms with van der Waals surface area (Å²) in [6.45, 7) is 6.54. The van der Waals surface area contributed by atoms with E-state index >= 15 is 0 Å². The van der Waals surface area contributed by atoms with Crippen molar-refractivity contribution in [3.63, 3.8) is 0 Å².